The van der Waals surface area contributed by atoms with Gasteiger partial charge in [0.25, 0.3) is 0 Å². The summed E-state index contributed by atoms with van der Waals surface area (Å²) in [5.41, 5.74) is 0. The number of anilines is 1. The fourth-order valence-electron chi connectivity index (χ4n) is 1.67. The summed E-state index contributed by atoms with van der Waals surface area (Å²) < 4.78 is 24.3. The maximum absolute atomic E-state index is 13.8. The molecule has 112 valence electrons. The smallest absolute Gasteiger partial charge is 0.224 e. The van der Waals surface area contributed by atoms with E-state index in [0.29, 0.717) is 18.2 Å². The van der Waals surface area contributed by atoms with Crippen LogP contribution >= 0.6 is 11.6 Å². The molecular weight excluding hydrogens is 297 g/mol. The van der Waals surface area contributed by atoms with E-state index in [1.165, 1.54) is 12.1 Å². The Kier molecular flexibility index (Phi) is 5.30. The Morgan fingerprint density at radius 1 is 1.33 bits per heavy atom. The van der Waals surface area contributed by atoms with Crippen LogP contribution in [0.15, 0.2) is 24.3 Å². The number of hydrogen-bond donors (Lipinski definition) is 1. The molecule has 0 bridgehead atoms. The molecule has 1 aromatic heterocycles. The largest absolute Gasteiger partial charge is 0.436 e. The highest BCUT2D eigenvalue weighted by atomic mass is 35.5. The molecule has 0 aliphatic heterocycles. The SMILES string of the molecule is CCNc1cc(Oc2cccc(Cl)c2F)nc(COC)n1. The van der Waals surface area contributed by atoms with Gasteiger partial charge >= 0.3 is 0 Å². The molecule has 0 unspecified atom stereocenters. The summed E-state index contributed by atoms with van der Waals surface area (Å²) in [6.07, 6.45) is 0. The van der Waals surface area contributed by atoms with E-state index in [1.54, 1.807) is 19.2 Å². The van der Waals surface area contributed by atoms with E-state index in [-0.39, 0.29) is 23.3 Å². The minimum absolute atomic E-state index is 0.00650. The van der Waals surface area contributed by atoms with Crippen molar-refractivity contribution >= 4 is 17.4 Å². The summed E-state index contributed by atoms with van der Waals surface area (Å²) in [6.45, 7) is 2.86. The molecule has 1 heterocycles. The van der Waals surface area contributed by atoms with Gasteiger partial charge in [-0.2, -0.15) is 4.98 Å². The molecule has 5 nitrogen and oxygen atoms in total. The first-order valence-corrected chi connectivity index (χ1v) is 6.74. The van der Waals surface area contributed by atoms with Crippen molar-refractivity contribution in [2.75, 3.05) is 19.0 Å². The van der Waals surface area contributed by atoms with Crippen molar-refractivity contribution in [3.05, 3.63) is 40.9 Å². The van der Waals surface area contributed by atoms with Crippen molar-refractivity contribution in [2.24, 2.45) is 0 Å². The standard InChI is InChI=1S/C14H15ClFN3O2/c1-3-17-11-7-13(19-12(18-11)8-20-2)21-10-6-4-5-9(15)14(10)16/h4-7H,3,8H2,1-2H3,(H,17,18,19). The lowest BCUT2D eigenvalue weighted by Gasteiger charge is -2.10. The molecule has 0 saturated heterocycles. The molecule has 0 amide bonds. The van der Waals surface area contributed by atoms with Crippen molar-refractivity contribution in [2.45, 2.75) is 13.5 Å². The quantitative estimate of drug-likeness (QED) is 0.882. The van der Waals surface area contributed by atoms with Crippen LogP contribution in [0.4, 0.5) is 10.2 Å². The average Bonchev–Trinajstić information content (AvgIpc) is 2.44. The Morgan fingerprint density at radius 2 is 2.14 bits per heavy atom. The summed E-state index contributed by atoms with van der Waals surface area (Å²) >= 11 is 5.72. The second-order valence-electron chi connectivity index (χ2n) is 4.13. The zero-order chi connectivity index (χ0) is 15.2. The minimum Gasteiger partial charge on any atom is -0.436 e. The predicted octanol–water partition coefficient (Wildman–Crippen LogP) is 3.64. The summed E-state index contributed by atoms with van der Waals surface area (Å²) in [5.74, 6) is 0.614. The van der Waals surface area contributed by atoms with E-state index >= 15 is 0 Å². The van der Waals surface area contributed by atoms with Crippen molar-refractivity contribution in [3.8, 4) is 11.6 Å². The first kappa shape index (κ1) is 15.5. The number of ether oxygens (including phenoxy) is 2. The number of aromatic nitrogens is 2. The van der Waals surface area contributed by atoms with Gasteiger partial charge in [0.05, 0.1) is 5.02 Å². The first-order valence-electron chi connectivity index (χ1n) is 6.36. The van der Waals surface area contributed by atoms with Crippen molar-refractivity contribution in [3.63, 3.8) is 0 Å². The number of rotatable bonds is 6. The fourth-order valence-corrected chi connectivity index (χ4v) is 1.83. The second kappa shape index (κ2) is 7.19. The maximum atomic E-state index is 13.8. The van der Waals surface area contributed by atoms with E-state index in [0.717, 1.165) is 0 Å². The summed E-state index contributed by atoms with van der Waals surface area (Å²) in [5, 5.41) is 3.04. The monoisotopic (exact) mass is 311 g/mol. The van der Waals surface area contributed by atoms with Crippen LogP contribution in [0, 0.1) is 5.82 Å². The zero-order valence-corrected chi connectivity index (χ0v) is 12.4. The Bertz CT molecular complexity index is 601. The maximum Gasteiger partial charge on any atom is 0.224 e. The number of halogens is 2. The number of benzene rings is 1. The van der Waals surface area contributed by atoms with Crippen LogP contribution in [0.5, 0.6) is 11.6 Å². The lowest BCUT2D eigenvalue weighted by molar-refractivity contribution is 0.177. The lowest BCUT2D eigenvalue weighted by atomic mass is 10.3. The third-order valence-electron chi connectivity index (χ3n) is 2.51. The highest BCUT2D eigenvalue weighted by Gasteiger charge is 2.11. The zero-order valence-electron chi connectivity index (χ0n) is 11.7. The van der Waals surface area contributed by atoms with Crippen molar-refractivity contribution < 1.29 is 13.9 Å². The Morgan fingerprint density at radius 3 is 2.86 bits per heavy atom. The Labute approximate surface area is 127 Å². The van der Waals surface area contributed by atoms with Gasteiger partial charge in [0, 0.05) is 19.7 Å². The summed E-state index contributed by atoms with van der Waals surface area (Å²) in [4.78, 5) is 8.41. The van der Waals surface area contributed by atoms with Gasteiger partial charge in [0.15, 0.2) is 17.4 Å². The van der Waals surface area contributed by atoms with Gasteiger partial charge < -0.3 is 14.8 Å². The van der Waals surface area contributed by atoms with Crippen LogP contribution in [0.2, 0.25) is 5.02 Å². The molecule has 0 aliphatic carbocycles. The highest BCUT2D eigenvalue weighted by Crippen LogP contribution is 2.28. The number of nitrogens with one attached hydrogen (secondary N) is 1. The molecule has 0 atom stereocenters. The molecule has 21 heavy (non-hydrogen) atoms. The van der Waals surface area contributed by atoms with E-state index < -0.39 is 5.82 Å². The molecule has 2 aromatic rings. The van der Waals surface area contributed by atoms with Crippen LogP contribution in [0.3, 0.4) is 0 Å². The van der Waals surface area contributed by atoms with Gasteiger partial charge in [-0.15, -0.1) is 0 Å². The Balaban J connectivity index is 2.31. The van der Waals surface area contributed by atoms with Crippen molar-refractivity contribution in [1.29, 1.82) is 0 Å². The van der Waals surface area contributed by atoms with Gasteiger partial charge in [-0.1, -0.05) is 17.7 Å². The van der Waals surface area contributed by atoms with Crippen LogP contribution in [-0.4, -0.2) is 23.6 Å². The molecule has 1 N–H and O–H groups in total. The fraction of sp³-hybridized carbons (Fsp3) is 0.286. The van der Waals surface area contributed by atoms with E-state index in [4.69, 9.17) is 21.1 Å². The molecule has 0 spiro atoms. The predicted molar refractivity (Wildman–Crippen MR) is 78.4 cm³/mol. The molecule has 1 aromatic carbocycles. The van der Waals surface area contributed by atoms with Gasteiger partial charge in [-0.3, -0.25) is 0 Å². The normalized spacial score (nSPS) is 10.5. The topological polar surface area (TPSA) is 56.3 Å². The van der Waals surface area contributed by atoms with Crippen LogP contribution in [0.1, 0.15) is 12.7 Å². The molecule has 2 rings (SSSR count). The Hall–Kier alpha value is -1.92. The average molecular weight is 312 g/mol. The second-order valence-corrected chi connectivity index (χ2v) is 4.53. The first-order chi connectivity index (χ1) is 10.1. The molecular formula is C14H15ClFN3O2. The third-order valence-corrected chi connectivity index (χ3v) is 2.80. The van der Waals surface area contributed by atoms with Gasteiger partial charge in [-0.25, -0.2) is 9.37 Å². The molecule has 7 heteroatoms. The van der Waals surface area contributed by atoms with E-state index in [1.807, 2.05) is 6.92 Å². The molecule has 0 saturated carbocycles. The molecule has 0 aliphatic rings. The number of hydrogen-bond acceptors (Lipinski definition) is 5. The van der Waals surface area contributed by atoms with Gasteiger partial charge in [0.2, 0.25) is 5.88 Å². The van der Waals surface area contributed by atoms with Gasteiger partial charge in [-0.05, 0) is 19.1 Å². The lowest BCUT2D eigenvalue weighted by Crippen LogP contribution is -2.05. The van der Waals surface area contributed by atoms with Crippen LogP contribution in [0.25, 0.3) is 0 Å². The minimum atomic E-state index is -0.629. The molecule has 0 radical (unpaired) electrons. The number of nitrogens with zero attached hydrogens (tertiary/aromatic N) is 2. The molecule has 0 fully saturated rings. The van der Waals surface area contributed by atoms with Crippen LogP contribution in [-0.2, 0) is 11.3 Å². The highest BCUT2D eigenvalue weighted by molar-refractivity contribution is 6.30. The van der Waals surface area contributed by atoms with Crippen LogP contribution < -0.4 is 10.1 Å². The number of methoxy groups -OCH3 is 1. The van der Waals surface area contributed by atoms with E-state index in [9.17, 15) is 4.39 Å². The van der Waals surface area contributed by atoms with E-state index in [2.05, 4.69) is 15.3 Å². The van der Waals surface area contributed by atoms with Gasteiger partial charge in [0.1, 0.15) is 12.4 Å². The third kappa shape index (κ3) is 4.03. The van der Waals surface area contributed by atoms with Crippen molar-refractivity contribution in [1.82, 2.24) is 9.97 Å². The summed E-state index contributed by atoms with van der Waals surface area (Å²) in [6, 6.07) is 6.11. The summed E-state index contributed by atoms with van der Waals surface area (Å²) in [7, 11) is 1.54.